The quantitative estimate of drug-likeness (QED) is 0.0267. The molecule has 58 heavy (non-hydrogen) atoms. The van der Waals surface area contributed by atoms with Crippen molar-refractivity contribution >= 4 is 19.8 Å². The molecule has 2 atom stereocenters. The standard InChI is InChI=1S/C48H92NO8P/c1-4-6-8-10-12-14-16-18-20-22-23-25-26-28-30-32-34-36-38-40-47(50)54-44-46(45-56-58(52,53)55-43-42-49-3)57-48(51)41-39-37-35-33-31-29-27-24-21-19-17-15-13-11-9-7-5-2/h13,15,19,21,46,49H,4-12,14,16-18,20,22-45H2,1-3H3,(H,52,53)/b15-13-,21-19-. The van der Waals surface area contributed by atoms with E-state index < -0.39 is 26.5 Å². The summed E-state index contributed by atoms with van der Waals surface area (Å²) in [7, 11) is -2.65. The first-order valence-corrected chi connectivity index (χ1v) is 25.8. The smallest absolute Gasteiger partial charge is 0.462 e. The number of esters is 2. The Kier molecular flexibility index (Phi) is 43.9. The fourth-order valence-electron chi connectivity index (χ4n) is 6.88. The summed E-state index contributed by atoms with van der Waals surface area (Å²) in [5.41, 5.74) is 0. The molecule has 0 fully saturated rings. The van der Waals surface area contributed by atoms with E-state index in [0.29, 0.717) is 19.4 Å². The number of allylic oxidation sites excluding steroid dienone is 4. The van der Waals surface area contributed by atoms with Crippen LogP contribution in [0.5, 0.6) is 0 Å². The second kappa shape index (κ2) is 45.0. The van der Waals surface area contributed by atoms with E-state index in [4.69, 9.17) is 18.5 Å². The van der Waals surface area contributed by atoms with Gasteiger partial charge in [0.25, 0.3) is 0 Å². The third-order valence-electron chi connectivity index (χ3n) is 10.6. The first kappa shape index (κ1) is 56.5. The summed E-state index contributed by atoms with van der Waals surface area (Å²) in [6.45, 7) is 4.23. The lowest BCUT2D eigenvalue weighted by atomic mass is 10.0. The summed E-state index contributed by atoms with van der Waals surface area (Å²) in [5, 5.41) is 2.83. The predicted octanol–water partition coefficient (Wildman–Crippen LogP) is 14.2. The van der Waals surface area contributed by atoms with Gasteiger partial charge in [-0.2, -0.15) is 0 Å². The number of hydrogen-bond acceptors (Lipinski definition) is 8. The number of carbonyl (C=O) groups is 2. The molecule has 2 N–H and O–H groups in total. The van der Waals surface area contributed by atoms with Crippen molar-refractivity contribution < 1.29 is 37.6 Å². The molecule has 0 aliphatic rings. The highest BCUT2D eigenvalue weighted by molar-refractivity contribution is 7.47. The van der Waals surface area contributed by atoms with Crippen molar-refractivity contribution in [2.45, 2.75) is 238 Å². The largest absolute Gasteiger partial charge is 0.472 e. The van der Waals surface area contributed by atoms with Gasteiger partial charge < -0.3 is 19.7 Å². The van der Waals surface area contributed by atoms with Crippen LogP contribution in [0, 0.1) is 0 Å². The Balaban J connectivity index is 4.13. The molecule has 2 unspecified atom stereocenters. The fraction of sp³-hybridized carbons (Fsp3) is 0.875. The zero-order chi connectivity index (χ0) is 42.5. The summed E-state index contributed by atoms with van der Waals surface area (Å²) in [6.07, 6.45) is 47.9. The lowest BCUT2D eigenvalue weighted by Crippen LogP contribution is -2.29. The molecule has 9 nitrogen and oxygen atoms in total. The van der Waals surface area contributed by atoms with E-state index in [0.717, 1.165) is 51.4 Å². The highest BCUT2D eigenvalue weighted by Crippen LogP contribution is 2.43. The SMILES string of the molecule is CCCCC/C=C\C/C=C\CCCCCCCCCC(=O)OC(COC(=O)CCCCCCCCCCCCCCCCCCCCC)COP(=O)(O)OCCNC. The Morgan fingerprint density at radius 3 is 1.40 bits per heavy atom. The van der Waals surface area contributed by atoms with Gasteiger partial charge in [0, 0.05) is 19.4 Å². The molecule has 0 radical (unpaired) electrons. The van der Waals surface area contributed by atoms with E-state index in [1.165, 1.54) is 148 Å². The minimum atomic E-state index is -4.35. The van der Waals surface area contributed by atoms with Crippen LogP contribution in [0.2, 0.25) is 0 Å². The molecule has 0 aliphatic heterocycles. The monoisotopic (exact) mass is 842 g/mol. The van der Waals surface area contributed by atoms with Gasteiger partial charge in [0.05, 0.1) is 13.2 Å². The zero-order valence-corrected chi connectivity index (χ0v) is 38.9. The number of nitrogens with one attached hydrogen (secondary N) is 1. The number of carbonyl (C=O) groups excluding carboxylic acids is 2. The van der Waals surface area contributed by atoms with E-state index >= 15 is 0 Å². The molecule has 0 aromatic rings. The molecular formula is C48H92NO8P. The van der Waals surface area contributed by atoms with Crippen LogP contribution in [0.15, 0.2) is 24.3 Å². The first-order chi connectivity index (χ1) is 28.3. The Bertz CT molecular complexity index is 1010. The lowest BCUT2D eigenvalue weighted by molar-refractivity contribution is -0.161. The van der Waals surface area contributed by atoms with Gasteiger partial charge in [-0.15, -0.1) is 0 Å². The van der Waals surface area contributed by atoms with Crippen molar-refractivity contribution in [3.8, 4) is 0 Å². The number of ether oxygens (including phenoxy) is 2. The second-order valence-corrected chi connectivity index (χ2v) is 17.8. The van der Waals surface area contributed by atoms with Crippen LogP contribution in [0.3, 0.4) is 0 Å². The van der Waals surface area contributed by atoms with Crippen LogP contribution in [-0.4, -0.2) is 56.3 Å². The van der Waals surface area contributed by atoms with E-state index in [1.807, 2.05) is 0 Å². The summed E-state index contributed by atoms with van der Waals surface area (Å²) in [6, 6.07) is 0. The summed E-state index contributed by atoms with van der Waals surface area (Å²) in [5.74, 6) is -0.804. The van der Waals surface area contributed by atoms with Crippen LogP contribution in [0.1, 0.15) is 232 Å². The molecule has 0 bridgehead atoms. The average Bonchev–Trinajstić information content (AvgIpc) is 3.21. The minimum Gasteiger partial charge on any atom is -0.462 e. The molecule has 342 valence electrons. The van der Waals surface area contributed by atoms with Crippen molar-refractivity contribution in [3.63, 3.8) is 0 Å². The molecule has 0 aliphatic carbocycles. The fourth-order valence-corrected chi connectivity index (χ4v) is 7.63. The summed E-state index contributed by atoms with van der Waals surface area (Å²) in [4.78, 5) is 35.2. The van der Waals surface area contributed by atoms with Crippen molar-refractivity contribution in [2.24, 2.45) is 0 Å². The number of rotatable bonds is 46. The van der Waals surface area contributed by atoms with Crippen LogP contribution in [0.25, 0.3) is 0 Å². The molecule has 0 rings (SSSR count). The number of phosphoric ester groups is 1. The van der Waals surface area contributed by atoms with Crippen LogP contribution in [0.4, 0.5) is 0 Å². The van der Waals surface area contributed by atoms with Crippen molar-refractivity contribution in [3.05, 3.63) is 24.3 Å². The van der Waals surface area contributed by atoms with Gasteiger partial charge in [0.15, 0.2) is 6.10 Å². The predicted molar refractivity (Wildman–Crippen MR) is 243 cm³/mol. The maximum Gasteiger partial charge on any atom is 0.472 e. The topological polar surface area (TPSA) is 120 Å². The molecule has 0 amide bonds. The zero-order valence-electron chi connectivity index (χ0n) is 38.0. The number of hydrogen-bond donors (Lipinski definition) is 2. The van der Waals surface area contributed by atoms with Crippen LogP contribution in [-0.2, 0) is 32.7 Å². The van der Waals surface area contributed by atoms with E-state index in [-0.39, 0.29) is 25.6 Å². The molecule has 0 saturated heterocycles. The molecule has 0 aromatic carbocycles. The summed E-state index contributed by atoms with van der Waals surface area (Å²) >= 11 is 0. The highest BCUT2D eigenvalue weighted by atomic mass is 31.2. The minimum absolute atomic E-state index is 0.0165. The van der Waals surface area contributed by atoms with E-state index in [2.05, 4.69) is 43.5 Å². The van der Waals surface area contributed by atoms with Crippen molar-refractivity contribution in [1.82, 2.24) is 5.32 Å². The molecule has 10 heteroatoms. The number of phosphoric acid groups is 1. The molecule has 0 spiro atoms. The van der Waals surface area contributed by atoms with Gasteiger partial charge in [0.2, 0.25) is 0 Å². The van der Waals surface area contributed by atoms with E-state index in [9.17, 15) is 19.0 Å². The van der Waals surface area contributed by atoms with Gasteiger partial charge in [-0.1, -0.05) is 199 Å². The van der Waals surface area contributed by atoms with Gasteiger partial charge >= 0.3 is 19.8 Å². The van der Waals surface area contributed by atoms with E-state index in [1.54, 1.807) is 7.05 Å². The molecule has 0 aromatic heterocycles. The normalized spacial score (nSPS) is 13.4. The molecule has 0 saturated carbocycles. The average molecular weight is 842 g/mol. The molecule has 0 heterocycles. The number of likely N-dealkylation sites (N-methyl/N-ethyl adjacent to an activating group) is 1. The van der Waals surface area contributed by atoms with Gasteiger partial charge in [-0.05, 0) is 52.0 Å². The molecular weight excluding hydrogens is 750 g/mol. The van der Waals surface area contributed by atoms with Gasteiger partial charge in [-0.25, -0.2) is 4.57 Å². The summed E-state index contributed by atoms with van der Waals surface area (Å²) < 4.78 is 33.3. The van der Waals surface area contributed by atoms with Crippen molar-refractivity contribution in [1.29, 1.82) is 0 Å². The second-order valence-electron chi connectivity index (χ2n) is 16.3. The maximum absolute atomic E-state index is 12.7. The van der Waals surface area contributed by atoms with Gasteiger partial charge in [-0.3, -0.25) is 18.6 Å². The Labute approximate surface area is 357 Å². The third kappa shape index (κ3) is 44.1. The third-order valence-corrected chi connectivity index (χ3v) is 11.6. The Hall–Kier alpha value is -1.51. The highest BCUT2D eigenvalue weighted by Gasteiger charge is 2.26. The lowest BCUT2D eigenvalue weighted by Gasteiger charge is -2.20. The van der Waals surface area contributed by atoms with Crippen molar-refractivity contribution in [2.75, 3.05) is 33.4 Å². The Morgan fingerprint density at radius 1 is 0.534 bits per heavy atom. The van der Waals surface area contributed by atoms with Gasteiger partial charge in [0.1, 0.15) is 6.61 Å². The Morgan fingerprint density at radius 2 is 0.931 bits per heavy atom. The number of unbranched alkanes of at least 4 members (excludes halogenated alkanes) is 28. The van der Waals surface area contributed by atoms with Crippen LogP contribution >= 0.6 is 7.82 Å². The first-order valence-electron chi connectivity index (χ1n) is 24.3. The van der Waals surface area contributed by atoms with Crippen LogP contribution < -0.4 is 5.32 Å². The maximum atomic E-state index is 12.7.